The third kappa shape index (κ3) is 3.24. The van der Waals surface area contributed by atoms with Crippen LogP contribution in [0.4, 0.5) is 8.78 Å². The van der Waals surface area contributed by atoms with Crippen LogP contribution in [-0.4, -0.2) is 17.1 Å². The molecular formula is C18H20F2O. The topological polar surface area (TPSA) is 20.2 Å². The van der Waals surface area contributed by atoms with Gasteiger partial charge in [0.25, 0.3) is 0 Å². The minimum Gasteiger partial charge on any atom is -0.392 e. The number of aliphatic hydroxyl groups is 1. The Morgan fingerprint density at radius 2 is 1.71 bits per heavy atom. The molecule has 0 bridgehead atoms. The van der Waals surface area contributed by atoms with Crippen molar-refractivity contribution in [3.8, 4) is 0 Å². The lowest BCUT2D eigenvalue weighted by Gasteiger charge is -2.31. The van der Waals surface area contributed by atoms with Gasteiger partial charge in [-0.25, -0.2) is 8.78 Å². The van der Waals surface area contributed by atoms with Gasteiger partial charge in [-0.1, -0.05) is 42.5 Å². The molecule has 1 nitrogen and oxygen atoms in total. The first-order valence-corrected chi connectivity index (χ1v) is 7.58. The predicted molar refractivity (Wildman–Crippen MR) is 80.6 cm³/mol. The summed E-state index contributed by atoms with van der Waals surface area (Å²) in [4.78, 5) is 0. The van der Waals surface area contributed by atoms with Gasteiger partial charge in [0.1, 0.15) is 0 Å². The number of hydrogen-bond donors (Lipinski definition) is 1. The van der Waals surface area contributed by atoms with Crippen molar-refractivity contribution < 1.29 is 13.9 Å². The number of aliphatic hydroxyl groups excluding tert-OH is 1. The van der Waals surface area contributed by atoms with Crippen molar-refractivity contribution in [3.63, 3.8) is 0 Å². The van der Waals surface area contributed by atoms with Crippen molar-refractivity contribution in [3.05, 3.63) is 48.0 Å². The first-order chi connectivity index (χ1) is 10.1. The Morgan fingerprint density at radius 1 is 1.05 bits per heavy atom. The number of rotatable bonds is 3. The number of halogens is 2. The summed E-state index contributed by atoms with van der Waals surface area (Å²) in [6.45, 7) is 0. The van der Waals surface area contributed by atoms with E-state index in [4.69, 9.17) is 0 Å². The van der Waals surface area contributed by atoms with Crippen LogP contribution in [0, 0.1) is 5.92 Å². The molecule has 1 saturated carbocycles. The smallest absolute Gasteiger partial charge is 0.248 e. The Labute approximate surface area is 123 Å². The summed E-state index contributed by atoms with van der Waals surface area (Å²) in [5, 5.41) is 12.7. The molecule has 1 aliphatic carbocycles. The number of benzene rings is 2. The van der Waals surface area contributed by atoms with Gasteiger partial charge in [-0.05, 0) is 41.5 Å². The minimum absolute atomic E-state index is 0.0106. The molecule has 21 heavy (non-hydrogen) atoms. The van der Waals surface area contributed by atoms with Crippen LogP contribution in [0.2, 0.25) is 0 Å². The lowest BCUT2D eigenvalue weighted by atomic mass is 9.81. The number of alkyl halides is 2. The Bertz CT molecular complexity index is 608. The van der Waals surface area contributed by atoms with E-state index in [0.29, 0.717) is 19.3 Å². The van der Waals surface area contributed by atoms with Gasteiger partial charge < -0.3 is 5.11 Å². The van der Waals surface area contributed by atoms with Crippen molar-refractivity contribution in [1.29, 1.82) is 0 Å². The second-order valence-electron chi connectivity index (χ2n) is 6.10. The van der Waals surface area contributed by atoms with E-state index in [0.717, 1.165) is 16.3 Å². The molecule has 1 N–H and O–H groups in total. The van der Waals surface area contributed by atoms with Gasteiger partial charge in [0.05, 0.1) is 6.10 Å². The minimum atomic E-state index is -2.53. The van der Waals surface area contributed by atoms with Crippen LogP contribution in [0.5, 0.6) is 0 Å². The Morgan fingerprint density at radius 3 is 2.48 bits per heavy atom. The first kappa shape index (κ1) is 14.5. The van der Waals surface area contributed by atoms with Gasteiger partial charge in [0.2, 0.25) is 5.92 Å². The van der Waals surface area contributed by atoms with Crippen molar-refractivity contribution in [2.24, 2.45) is 5.92 Å². The monoisotopic (exact) mass is 290 g/mol. The molecule has 3 rings (SSSR count). The predicted octanol–water partition coefficient (Wildman–Crippen LogP) is 4.57. The van der Waals surface area contributed by atoms with Crippen LogP contribution in [0.25, 0.3) is 10.8 Å². The molecule has 0 saturated heterocycles. The summed E-state index contributed by atoms with van der Waals surface area (Å²) >= 11 is 0. The van der Waals surface area contributed by atoms with Gasteiger partial charge in [0.15, 0.2) is 0 Å². The average Bonchev–Trinajstić information content (AvgIpc) is 2.47. The third-order valence-corrected chi connectivity index (χ3v) is 4.61. The van der Waals surface area contributed by atoms with Crippen LogP contribution in [0.3, 0.4) is 0 Å². The quantitative estimate of drug-likeness (QED) is 0.878. The summed E-state index contributed by atoms with van der Waals surface area (Å²) in [5.74, 6) is -2.54. The maximum absolute atomic E-state index is 13.2. The van der Waals surface area contributed by atoms with Crippen LogP contribution < -0.4 is 0 Å². The van der Waals surface area contributed by atoms with Gasteiger partial charge >= 0.3 is 0 Å². The summed E-state index contributed by atoms with van der Waals surface area (Å²) in [7, 11) is 0. The van der Waals surface area contributed by atoms with Gasteiger partial charge in [-0.2, -0.15) is 0 Å². The van der Waals surface area contributed by atoms with E-state index in [-0.39, 0.29) is 18.8 Å². The molecule has 1 atom stereocenters. The fraction of sp³-hybridized carbons (Fsp3) is 0.444. The molecular weight excluding hydrogens is 270 g/mol. The van der Waals surface area contributed by atoms with E-state index in [1.807, 2.05) is 42.5 Å². The van der Waals surface area contributed by atoms with Crippen molar-refractivity contribution in [2.45, 2.75) is 44.1 Å². The molecule has 112 valence electrons. The standard InChI is InChI=1S/C18H20F2O/c19-18(20)10-8-14(9-11-18)17(21)12-15-6-3-5-13-4-1-2-7-16(13)15/h1-7,14,17,21H,8-12H2. The van der Waals surface area contributed by atoms with E-state index < -0.39 is 12.0 Å². The highest BCUT2D eigenvalue weighted by Gasteiger charge is 2.37. The van der Waals surface area contributed by atoms with E-state index in [2.05, 4.69) is 0 Å². The lowest BCUT2D eigenvalue weighted by Crippen LogP contribution is -2.32. The zero-order chi connectivity index (χ0) is 14.9. The highest BCUT2D eigenvalue weighted by atomic mass is 19.3. The SMILES string of the molecule is OC(Cc1cccc2ccccc12)C1CCC(F)(F)CC1. The maximum atomic E-state index is 13.2. The average molecular weight is 290 g/mol. The molecule has 2 aromatic rings. The van der Waals surface area contributed by atoms with Gasteiger partial charge in [-0.3, -0.25) is 0 Å². The molecule has 1 aliphatic rings. The fourth-order valence-corrected chi connectivity index (χ4v) is 3.31. The molecule has 0 radical (unpaired) electrons. The maximum Gasteiger partial charge on any atom is 0.248 e. The van der Waals surface area contributed by atoms with Crippen molar-refractivity contribution >= 4 is 10.8 Å². The lowest BCUT2D eigenvalue weighted by molar-refractivity contribution is -0.0619. The highest BCUT2D eigenvalue weighted by molar-refractivity contribution is 5.85. The number of fused-ring (bicyclic) bond motifs is 1. The summed E-state index contributed by atoms with van der Waals surface area (Å²) in [6, 6.07) is 14.1. The molecule has 1 unspecified atom stereocenters. The fourth-order valence-electron chi connectivity index (χ4n) is 3.31. The Hall–Kier alpha value is -1.48. The summed E-state index contributed by atoms with van der Waals surface area (Å²) < 4.78 is 26.4. The van der Waals surface area contributed by atoms with E-state index >= 15 is 0 Å². The van der Waals surface area contributed by atoms with Crippen molar-refractivity contribution in [1.82, 2.24) is 0 Å². The molecule has 0 aliphatic heterocycles. The highest BCUT2D eigenvalue weighted by Crippen LogP contribution is 2.38. The number of hydrogen-bond acceptors (Lipinski definition) is 1. The summed E-state index contributed by atoms with van der Waals surface area (Å²) in [5.41, 5.74) is 1.10. The van der Waals surface area contributed by atoms with Crippen molar-refractivity contribution in [2.75, 3.05) is 0 Å². The second kappa shape index (κ2) is 5.72. The van der Waals surface area contributed by atoms with Crippen LogP contribution >= 0.6 is 0 Å². The normalized spacial score (nSPS) is 20.5. The molecule has 2 aromatic carbocycles. The summed E-state index contributed by atoms with van der Waals surface area (Å²) in [6.07, 6.45) is 0.649. The van der Waals surface area contributed by atoms with Crippen LogP contribution in [0.1, 0.15) is 31.2 Å². The second-order valence-corrected chi connectivity index (χ2v) is 6.10. The van der Waals surface area contributed by atoms with Crippen LogP contribution in [-0.2, 0) is 6.42 Å². The molecule has 0 heterocycles. The van der Waals surface area contributed by atoms with E-state index in [1.165, 1.54) is 0 Å². The Kier molecular flexibility index (Phi) is 3.94. The Balaban J connectivity index is 1.73. The van der Waals surface area contributed by atoms with E-state index in [9.17, 15) is 13.9 Å². The zero-order valence-corrected chi connectivity index (χ0v) is 11.9. The molecule has 0 spiro atoms. The third-order valence-electron chi connectivity index (χ3n) is 4.61. The van der Waals surface area contributed by atoms with Crippen LogP contribution in [0.15, 0.2) is 42.5 Å². The largest absolute Gasteiger partial charge is 0.392 e. The molecule has 1 fully saturated rings. The van der Waals surface area contributed by atoms with Gasteiger partial charge in [-0.15, -0.1) is 0 Å². The van der Waals surface area contributed by atoms with E-state index in [1.54, 1.807) is 0 Å². The first-order valence-electron chi connectivity index (χ1n) is 7.58. The molecule has 0 aromatic heterocycles. The molecule has 0 amide bonds. The molecule has 3 heteroatoms. The van der Waals surface area contributed by atoms with Gasteiger partial charge in [0, 0.05) is 12.8 Å². The zero-order valence-electron chi connectivity index (χ0n) is 11.9.